The van der Waals surface area contributed by atoms with Gasteiger partial charge in [0, 0.05) is 22.7 Å². The topological polar surface area (TPSA) is 58.4 Å². The number of piperidine rings is 1. The number of nitrogens with two attached hydrogens (primary N) is 1. The van der Waals surface area contributed by atoms with Gasteiger partial charge in [0.1, 0.15) is 0 Å². The number of hydrogen-bond acceptors (Lipinski definition) is 3. The summed E-state index contributed by atoms with van der Waals surface area (Å²) in [4.78, 5) is 14.1. The Bertz CT molecular complexity index is 416. The molecule has 0 aliphatic carbocycles. The Labute approximate surface area is 121 Å². The number of rotatable bonds is 3. The molecule has 5 heteroatoms. The number of nitrogens with zero attached hydrogens (tertiary/aromatic N) is 1. The van der Waals surface area contributed by atoms with Gasteiger partial charge in [0.25, 0.3) is 0 Å². The number of amides is 1. The predicted octanol–water partition coefficient (Wildman–Crippen LogP) is 1.65. The number of halogens is 1. The van der Waals surface area contributed by atoms with E-state index in [4.69, 9.17) is 5.73 Å². The summed E-state index contributed by atoms with van der Waals surface area (Å²) in [7, 11) is 0. The molecule has 1 aliphatic heterocycles. The standard InChI is InChI=1S/C13H18IN3O/c14-11-3-1-2-4-12(11)16-13(18)9-17-7-5-10(15)6-8-17/h1-4,10H,5-9,15H2,(H,16,18). The second kappa shape index (κ2) is 6.49. The van der Waals surface area contributed by atoms with Crippen LogP contribution in [-0.2, 0) is 4.79 Å². The molecule has 0 radical (unpaired) electrons. The lowest BCUT2D eigenvalue weighted by Gasteiger charge is -2.29. The summed E-state index contributed by atoms with van der Waals surface area (Å²) in [5.41, 5.74) is 6.73. The lowest BCUT2D eigenvalue weighted by atomic mass is 10.1. The molecule has 1 fully saturated rings. The zero-order chi connectivity index (χ0) is 13.0. The molecule has 98 valence electrons. The van der Waals surface area contributed by atoms with E-state index in [1.54, 1.807) is 0 Å². The van der Waals surface area contributed by atoms with Crippen molar-refractivity contribution in [1.29, 1.82) is 0 Å². The maximum atomic E-state index is 11.9. The molecule has 0 atom stereocenters. The highest BCUT2D eigenvalue weighted by Gasteiger charge is 2.18. The highest BCUT2D eigenvalue weighted by molar-refractivity contribution is 14.1. The molecule has 1 aliphatic rings. The van der Waals surface area contributed by atoms with Crippen LogP contribution < -0.4 is 11.1 Å². The maximum absolute atomic E-state index is 11.9. The number of nitrogens with one attached hydrogen (secondary N) is 1. The molecular weight excluding hydrogens is 341 g/mol. The Hall–Kier alpha value is -0.660. The van der Waals surface area contributed by atoms with Crippen LogP contribution >= 0.6 is 22.6 Å². The van der Waals surface area contributed by atoms with Crippen molar-refractivity contribution in [2.45, 2.75) is 18.9 Å². The number of para-hydroxylation sites is 1. The van der Waals surface area contributed by atoms with E-state index in [0.29, 0.717) is 12.6 Å². The number of likely N-dealkylation sites (tertiary alicyclic amines) is 1. The van der Waals surface area contributed by atoms with E-state index in [1.807, 2.05) is 24.3 Å². The van der Waals surface area contributed by atoms with E-state index in [0.717, 1.165) is 35.2 Å². The van der Waals surface area contributed by atoms with Gasteiger partial charge in [0.2, 0.25) is 5.91 Å². The number of hydrogen-bond donors (Lipinski definition) is 2. The fourth-order valence-corrected chi connectivity index (χ4v) is 2.59. The molecular formula is C13H18IN3O. The third-order valence-electron chi connectivity index (χ3n) is 3.15. The van der Waals surface area contributed by atoms with Crippen LogP contribution in [0.5, 0.6) is 0 Å². The summed E-state index contributed by atoms with van der Waals surface area (Å²) >= 11 is 2.22. The summed E-state index contributed by atoms with van der Waals surface area (Å²) < 4.78 is 1.06. The van der Waals surface area contributed by atoms with Crippen molar-refractivity contribution < 1.29 is 4.79 Å². The highest BCUT2D eigenvalue weighted by Crippen LogP contribution is 2.17. The minimum atomic E-state index is 0.0505. The Balaban J connectivity index is 1.84. The lowest BCUT2D eigenvalue weighted by molar-refractivity contribution is -0.117. The van der Waals surface area contributed by atoms with Gasteiger partial charge < -0.3 is 11.1 Å². The quantitative estimate of drug-likeness (QED) is 0.807. The number of benzene rings is 1. The maximum Gasteiger partial charge on any atom is 0.238 e. The Morgan fingerprint density at radius 1 is 1.39 bits per heavy atom. The van der Waals surface area contributed by atoms with Gasteiger partial charge in [0.15, 0.2) is 0 Å². The molecule has 4 nitrogen and oxygen atoms in total. The molecule has 3 N–H and O–H groups in total. The van der Waals surface area contributed by atoms with Gasteiger partial charge in [-0.1, -0.05) is 12.1 Å². The van der Waals surface area contributed by atoms with Crippen LogP contribution in [0.25, 0.3) is 0 Å². The van der Waals surface area contributed by atoms with E-state index in [9.17, 15) is 4.79 Å². The lowest BCUT2D eigenvalue weighted by Crippen LogP contribution is -2.43. The van der Waals surface area contributed by atoms with Crippen LogP contribution in [0.3, 0.4) is 0 Å². The molecule has 1 aromatic carbocycles. The van der Waals surface area contributed by atoms with Gasteiger partial charge in [-0.3, -0.25) is 9.69 Å². The molecule has 0 unspecified atom stereocenters. The first-order chi connectivity index (χ1) is 8.65. The van der Waals surface area contributed by atoms with E-state index in [2.05, 4.69) is 32.8 Å². The van der Waals surface area contributed by atoms with Gasteiger partial charge in [-0.15, -0.1) is 0 Å². The minimum Gasteiger partial charge on any atom is -0.328 e. The van der Waals surface area contributed by atoms with Gasteiger partial charge in [-0.2, -0.15) is 0 Å². The van der Waals surface area contributed by atoms with Crippen LogP contribution in [0.2, 0.25) is 0 Å². The zero-order valence-corrected chi connectivity index (χ0v) is 12.4. The normalized spacial score (nSPS) is 17.7. The van der Waals surface area contributed by atoms with E-state index in [-0.39, 0.29) is 5.91 Å². The Kier molecular flexibility index (Phi) is 4.96. The fourth-order valence-electron chi connectivity index (χ4n) is 2.07. The predicted molar refractivity (Wildman–Crippen MR) is 81.4 cm³/mol. The third-order valence-corrected chi connectivity index (χ3v) is 4.09. The summed E-state index contributed by atoms with van der Waals surface area (Å²) in [6.07, 6.45) is 1.96. The highest BCUT2D eigenvalue weighted by atomic mass is 127. The molecule has 0 spiro atoms. The molecule has 1 saturated heterocycles. The van der Waals surface area contributed by atoms with Crippen molar-refractivity contribution in [3.63, 3.8) is 0 Å². The van der Waals surface area contributed by atoms with Crippen molar-refractivity contribution in [3.05, 3.63) is 27.8 Å². The van der Waals surface area contributed by atoms with Gasteiger partial charge >= 0.3 is 0 Å². The van der Waals surface area contributed by atoms with E-state index >= 15 is 0 Å². The first-order valence-electron chi connectivity index (χ1n) is 6.17. The largest absolute Gasteiger partial charge is 0.328 e. The summed E-state index contributed by atoms with van der Waals surface area (Å²) in [6.45, 7) is 2.29. The summed E-state index contributed by atoms with van der Waals surface area (Å²) in [6, 6.07) is 8.10. The minimum absolute atomic E-state index is 0.0505. The van der Waals surface area contributed by atoms with Gasteiger partial charge in [0.05, 0.1) is 12.2 Å². The monoisotopic (exact) mass is 359 g/mol. The molecule has 0 saturated carbocycles. The van der Waals surface area contributed by atoms with Crippen LogP contribution in [0.1, 0.15) is 12.8 Å². The van der Waals surface area contributed by atoms with Crippen molar-refractivity contribution in [1.82, 2.24) is 4.90 Å². The third kappa shape index (κ3) is 3.93. The average Bonchev–Trinajstić information content (AvgIpc) is 2.35. The summed E-state index contributed by atoms with van der Waals surface area (Å²) in [5, 5.41) is 2.95. The summed E-state index contributed by atoms with van der Waals surface area (Å²) in [5.74, 6) is 0.0505. The molecule has 0 aromatic heterocycles. The van der Waals surface area contributed by atoms with Crippen molar-refractivity contribution in [3.8, 4) is 0 Å². The molecule has 1 amide bonds. The number of anilines is 1. The second-order valence-electron chi connectivity index (χ2n) is 4.64. The van der Waals surface area contributed by atoms with Gasteiger partial charge in [-0.25, -0.2) is 0 Å². The first kappa shape index (κ1) is 13.8. The molecule has 18 heavy (non-hydrogen) atoms. The van der Waals surface area contributed by atoms with E-state index in [1.165, 1.54) is 0 Å². The molecule has 0 bridgehead atoms. The van der Waals surface area contributed by atoms with E-state index < -0.39 is 0 Å². The molecule has 1 heterocycles. The van der Waals surface area contributed by atoms with Crippen LogP contribution in [0.15, 0.2) is 24.3 Å². The Morgan fingerprint density at radius 3 is 2.72 bits per heavy atom. The van der Waals surface area contributed by atoms with Crippen molar-refractivity contribution in [2.75, 3.05) is 25.0 Å². The fraction of sp³-hybridized carbons (Fsp3) is 0.462. The van der Waals surface area contributed by atoms with Gasteiger partial charge in [-0.05, 0) is 47.6 Å². The Morgan fingerprint density at radius 2 is 2.06 bits per heavy atom. The zero-order valence-electron chi connectivity index (χ0n) is 10.2. The molecule has 2 rings (SSSR count). The second-order valence-corrected chi connectivity index (χ2v) is 5.80. The van der Waals surface area contributed by atoms with Crippen molar-refractivity contribution >= 4 is 34.2 Å². The van der Waals surface area contributed by atoms with Crippen molar-refractivity contribution in [2.24, 2.45) is 5.73 Å². The SMILES string of the molecule is NC1CCN(CC(=O)Nc2ccccc2I)CC1. The smallest absolute Gasteiger partial charge is 0.238 e. The van der Waals surface area contributed by atoms with Crippen LogP contribution in [0, 0.1) is 3.57 Å². The number of carbonyl (C=O) groups is 1. The van der Waals surface area contributed by atoms with Crippen LogP contribution in [0.4, 0.5) is 5.69 Å². The average molecular weight is 359 g/mol. The first-order valence-corrected chi connectivity index (χ1v) is 7.25. The van der Waals surface area contributed by atoms with Crippen LogP contribution in [-0.4, -0.2) is 36.5 Å². The number of carbonyl (C=O) groups excluding carboxylic acids is 1. The molecule has 1 aromatic rings.